The van der Waals surface area contributed by atoms with E-state index in [1.807, 2.05) is 0 Å². The second-order valence-electron chi connectivity index (χ2n) is 10.7. The summed E-state index contributed by atoms with van der Waals surface area (Å²) >= 11 is 5.83. The third-order valence-electron chi connectivity index (χ3n) is 7.33. The van der Waals surface area contributed by atoms with Crippen LogP contribution >= 0.6 is 11.6 Å². The fraction of sp³-hybridized carbons (Fsp3) is 0.464. The fourth-order valence-electron chi connectivity index (χ4n) is 4.87. The number of aliphatic carboxylic acids is 2. The lowest BCUT2D eigenvalue weighted by atomic mass is 10.1. The van der Waals surface area contributed by atoms with Crippen molar-refractivity contribution in [3.05, 3.63) is 58.6 Å². The lowest BCUT2D eigenvalue weighted by molar-refractivity contribution is -0.150. The molecule has 0 unspecified atom stereocenters. The van der Waals surface area contributed by atoms with E-state index < -0.39 is 60.9 Å². The molecule has 0 saturated carbocycles. The smallest absolute Gasteiger partial charge is 0.326 e. The van der Waals surface area contributed by atoms with Crippen LogP contribution < -0.4 is 20.9 Å². The summed E-state index contributed by atoms with van der Waals surface area (Å²) in [5.74, 6) is -2.82. The number of rotatable bonds is 18. The van der Waals surface area contributed by atoms with Gasteiger partial charge in [-0.15, -0.1) is 0 Å². The van der Waals surface area contributed by atoms with Gasteiger partial charge in [0.15, 0.2) is 0 Å². The van der Waals surface area contributed by atoms with Gasteiger partial charge in [-0.3, -0.25) is 14.9 Å². The number of hydrogen-bond acceptors (Lipinski definition) is 10. The molecular formula is C28H38ClN5O10S2. The van der Waals surface area contributed by atoms with E-state index in [2.05, 4.69) is 10.0 Å². The molecular weight excluding hydrogens is 666 g/mol. The van der Waals surface area contributed by atoms with Gasteiger partial charge in [-0.05, 0) is 61.6 Å². The molecule has 18 heteroatoms. The molecule has 0 aliphatic carbocycles. The van der Waals surface area contributed by atoms with Crippen molar-refractivity contribution < 1.29 is 46.2 Å². The Hall–Kier alpha value is -3.16. The monoisotopic (exact) mass is 703 g/mol. The highest BCUT2D eigenvalue weighted by atomic mass is 35.5. The minimum atomic E-state index is -4.24. The zero-order chi connectivity index (χ0) is 34.1. The van der Waals surface area contributed by atoms with Crippen molar-refractivity contribution in [1.29, 1.82) is 0 Å². The standard InChI is InChI=1S/C28H38ClN5O10S2/c29-21-11-10-20(14-25(21)45(31,40)41)46(42,43)32-15-18-6-8-19(9-7-18)16-44-17-23(27(36)37)33-22(4-1-2-12-30)26(35)34-13-3-5-24(34)28(38)39/h6-11,14,22-24,32-33H,1-5,12-13,15-17,30H2,(H,36,37)(H,38,39)(H2,31,40,41)/t22-,23-,24-/m0/s1. The molecule has 15 nitrogen and oxygen atoms in total. The Morgan fingerprint density at radius 3 is 2.30 bits per heavy atom. The molecule has 1 fully saturated rings. The van der Waals surface area contributed by atoms with Crippen molar-refractivity contribution in [3.63, 3.8) is 0 Å². The predicted octanol–water partition coefficient (Wildman–Crippen LogP) is 0.599. The number of carbonyl (C=O) groups excluding carboxylic acids is 1. The van der Waals surface area contributed by atoms with Crippen LogP contribution in [0.2, 0.25) is 5.02 Å². The van der Waals surface area contributed by atoms with Crippen molar-refractivity contribution in [1.82, 2.24) is 14.9 Å². The zero-order valence-electron chi connectivity index (χ0n) is 24.8. The van der Waals surface area contributed by atoms with Gasteiger partial charge in [-0.2, -0.15) is 0 Å². The van der Waals surface area contributed by atoms with Crippen LogP contribution in [-0.4, -0.2) is 87.6 Å². The Balaban J connectivity index is 1.58. The van der Waals surface area contributed by atoms with Crippen LogP contribution in [0.4, 0.5) is 0 Å². The van der Waals surface area contributed by atoms with E-state index in [4.69, 9.17) is 27.2 Å². The Morgan fingerprint density at radius 2 is 1.70 bits per heavy atom. The van der Waals surface area contributed by atoms with E-state index in [9.17, 15) is 41.4 Å². The van der Waals surface area contributed by atoms with Crippen LogP contribution in [0.15, 0.2) is 52.3 Å². The minimum absolute atomic E-state index is 0.0115. The van der Waals surface area contributed by atoms with Gasteiger partial charge in [-0.1, -0.05) is 42.3 Å². The molecule has 8 N–H and O–H groups in total. The first-order valence-corrected chi connectivity index (χ1v) is 17.7. The molecule has 0 aromatic heterocycles. The Labute approximate surface area is 272 Å². The molecule has 1 heterocycles. The molecule has 2 aromatic rings. The Morgan fingerprint density at radius 1 is 1.02 bits per heavy atom. The summed E-state index contributed by atoms with van der Waals surface area (Å²) in [6.07, 6.45) is 2.30. The highest BCUT2D eigenvalue weighted by Crippen LogP contribution is 2.24. The predicted molar refractivity (Wildman–Crippen MR) is 167 cm³/mol. The van der Waals surface area contributed by atoms with E-state index in [1.165, 1.54) is 4.90 Å². The lowest BCUT2D eigenvalue weighted by Gasteiger charge is -2.29. The third-order valence-corrected chi connectivity index (χ3v) is 10.1. The van der Waals surface area contributed by atoms with Gasteiger partial charge in [-0.25, -0.2) is 31.5 Å². The molecule has 1 saturated heterocycles. The molecule has 254 valence electrons. The summed E-state index contributed by atoms with van der Waals surface area (Å²) < 4.78 is 56.8. The SMILES string of the molecule is NCCCC[C@H](N[C@@H](COCc1ccc(CNS(=O)(=O)c2ccc(Cl)c(S(N)(=O)=O)c2)cc1)C(=O)O)C(=O)N1CCC[C@H]1C(=O)O. The quantitative estimate of drug-likeness (QED) is 0.117. The van der Waals surface area contributed by atoms with Crippen molar-refractivity contribution in [2.75, 3.05) is 19.7 Å². The summed E-state index contributed by atoms with van der Waals surface area (Å²) in [6.45, 7) is 0.264. The fourth-order valence-corrected chi connectivity index (χ4v) is 7.06. The summed E-state index contributed by atoms with van der Waals surface area (Å²) in [4.78, 5) is 37.3. The molecule has 3 atom stereocenters. The number of nitrogens with zero attached hydrogens (tertiary/aromatic N) is 1. The van der Waals surface area contributed by atoms with Crippen LogP contribution in [0.1, 0.15) is 43.2 Å². The van der Waals surface area contributed by atoms with Crippen LogP contribution in [0.25, 0.3) is 0 Å². The van der Waals surface area contributed by atoms with E-state index in [-0.39, 0.29) is 42.6 Å². The lowest BCUT2D eigenvalue weighted by Crippen LogP contribution is -2.55. The maximum absolute atomic E-state index is 13.3. The molecule has 2 aromatic carbocycles. The number of likely N-dealkylation sites (tertiary alicyclic amines) is 1. The van der Waals surface area contributed by atoms with Crippen molar-refractivity contribution >= 4 is 49.5 Å². The molecule has 0 spiro atoms. The summed E-state index contributed by atoms with van der Waals surface area (Å²) in [7, 11) is -8.36. The van der Waals surface area contributed by atoms with E-state index in [1.54, 1.807) is 24.3 Å². The molecule has 0 bridgehead atoms. The first-order valence-electron chi connectivity index (χ1n) is 14.3. The van der Waals surface area contributed by atoms with Gasteiger partial charge in [0.1, 0.15) is 17.0 Å². The third kappa shape index (κ3) is 10.4. The molecule has 1 amide bonds. The van der Waals surface area contributed by atoms with Crippen molar-refractivity contribution in [2.24, 2.45) is 10.9 Å². The summed E-state index contributed by atoms with van der Waals surface area (Å²) in [5.41, 5.74) is 6.80. The summed E-state index contributed by atoms with van der Waals surface area (Å²) in [5, 5.41) is 27.0. The normalized spacial score (nSPS) is 16.7. The first-order chi connectivity index (χ1) is 21.6. The number of carbonyl (C=O) groups is 3. The molecule has 1 aliphatic heterocycles. The van der Waals surface area contributed by atoms with Crippen molar-refractivity contribution in [2.45, 2.75) is 73.2 Å². The van der Waals surface area contributed by atoms with Gasteiger partial charge in [0.25, 0.3) is 0 Å². The first kappa shape index (κ1) is 37.3. The maximum atomic E-state index is 13.3. The highest BCUT2D eigenvalue weighted by Gasteiger charge is 2.38. The molecule has 46 heavy (non-hydrogen) atoms. The van der Waals surface area contributed by atoms with Gasteiger partial charge in [0.05, 0.1) is 29.2 Å². The van der Waals surface area contributed by atoms with Crippen LogP contribution in [0.5, 0.6) is 0 Å². The average Bonchev–Trinajstić information content (AvgIpc) is 3.49. The number of sulfonamides is 2. The number of benzene rings is 2. The largest absolute Gasteiger partial charge is 0.480 e. The van der Waals surface area contributed by atoms with E-state index >= 15 is 0 Å². The van der Waals surface area contributed by atoms with E-state index in [0.29, 0.717) is 43.4 Å². The number of carboxylic acids is 2. The molecule has 3 rings (SSSR count). The number of carboxylic acid groups (broad SMARTS) is 2. The zero-order valence-corrected chi connectivity index (χ0v) is 27.2. The topological polar surface area (TPSA) is 249 Å². The van der Waals surface area contributed by atoms with Gasteiger partial charge in [0, 0.05) is 13.1 Å². The Kier molecular flexibility index (Phi) is 13.5. The van der Waals surface area contributed by atoms with E-state index in [0.717, 1.165) is 18.2 Å². The second-order valence-corrected chi connectivity index (χ2v) is 14.4. The number of amides is 1. The number of hydrogen-bond donors (Lipinski definition) is 6. The van der Waals surface area contributed by atoms with Gasteiger partial charge in [0.2, 0.25) is 26.0 Å². The summed E-state index contributed by atoms with van der Waals surface area (Å²) in [6, 6.07) is 6.58. The van der Waals surface area contributed by atoms with Crippen LogP contribution in [0, 0.1) is 0 Å². The second kappa shape index (κ2) is 16.6. The number of unbranched alkanes of at least 4 members (excludes halogenated alkanes) is 1. The highest BCUT2D eigenvalue weighted by molar-refractivity contribution is 7.90. The minimum Gasteiger partial charge on any atom is -0.480 e. The average molecular weight is 704 g/mol. The number of halogens is 1. The number of nitrogens with one attached hydrogen (secondary N) is 2. The molecule has 1 aliphatic rings. The Bertz CT molecular complexity index is 1610. The molecule has 0 radical (unpaired) electrons. The number of ether oxygens (including phenoxy) is 1. The van der Waals surface area contributed by atoms with Crippen molar-refractivity contribution in [3.8, 4) is 0 Å². The van der Waals surface area contributed by atoms with Crippen LogP contribution in [0.3, 0.4) is 0 Å². The number of primary sulfonamides is 1. The number of nitrogens with two attached hydrogens (primary N) is 2. The van der Waals surface area contributed by atoms with Gasteiger partial charge >= 0.3 is 11.9 Å². The van der Waals surface area contributed by atoms with Gasteiger partial charge < -0.3 is 25.6 Å². The van der Waals surface area contributed by atoms with Crippen LogP contribution in [-0.2, 0) is 52.3 Å². The maximum Gasteiger partial charge on any atom is 0.326 e.